The van der Waals surface area contributed by atoms with E-state index >= 15 is 0 Å². The van der Waals surface area contributed by atoms with Gasteiger partial charge in [-0.05, 0) is 54.1 Å². The zero-order valence-electron chi connectivity index (χ0n) is 10.8. The molecular weight excluding hydrogens is 262 g/mol. The molecule has 18 heavy (non-hydrogen) atoms. The fraction of sp³-hybridized carbons (Fsp3) is 0.333. The average molecular weight is 280 g/mol. The summed E-state index contributed by atoms with van der Waals surface area (Å²) in [5.74, 6) is 0. The lowest BCUT2D eigenvalue weighted by molar-refractivity contribution is 0.675. The van der Waals surface area contributed by atoms with Crippen molar-refractivity contribution in [2.45, 2.75) is 26.8 Å². The zero-order chi connectivity index (χ0) is 13.0. The highest BCUT2D eigenvalue weighted by molar-refractivity contribution is 7.14. The summed E-state index contributed by atoms with van der Waals surface area (Å²) in [6.45, 7) is 6.29. The van der Waals surface area contributed by atoms with Crippen LogP contribution in [-0.2, 0) is 6.54 Å². The summed E-state index contributed by atoms with van der Waals surface area (Å²) in [4.78, 5) is 1.17. The molecule has 1 aromatic carbocycles. The summed E-state index contributed by atoms with van der Waals surface area (Å²) >= 11 is 7.92. The molecule has 0 fully saturated rings. The van der Waals surface area contributed by atoms with Crippen LogP contribution in [0.3, 0.4) is 0 Å². The molecule has 2 rings (SSSR count). The lowest BCUT2D eigenvalue weighted by Gasteiger charge is -2.09. The van der Waals surface area contributed by atoms with Crippen molar-refractivity contribution < 1.29 is 0 Å². The summed E-state index contributed by atoms with van der Waals surface area (Å²) in [5.41, 5.74) is 3.85. The molecule has 1 aromatic heterocycles. The Morgan fingerprint density at radius 2 is 2.11 bits per heavy atom. The fourth-order valence-corrected chi connectivity index (χ4v) is 3.16. The van der Waals surface area contributed by atoms with Gasteiger partial charge in [0.1, 0.15) is 0 Å². The summed E-state index contributed by atoms with van der Waals surface area (Å²) in [6, 6.07) is 8.57. The van der Waals surface area contributed by atoms with Crippen molar-refractivity contribution in [1.82, 2.24) is 5.32 Å². The lowest BCUT2D eigenvalue weighted by atomic mass is 10.0. The van der Waals surface area contributed by atoms with Gasteiger partial charge in [-0.15, -0.1) is 11.3 Å². The Kier molecular flexibility index (Phi) is 4.81. The molecule has 0 bridgehead atoms. The maximum atomic E-state index is 6.22. The molecule has 0 spiro atoms. The van der Waals surface area contributed by atoms with Crippen molar-refractivity contribution in [2.24, 2.45) is 0 Å². The monoisotopic (exact) mass is 279 g/mol. The molecule has 0 atom stereocenters. The van der Waals surface area contributed by atoms with Gasteiger partial charge in [-0.2, -0.15) is 0 Å². The number of thiophene rings is 1. The molecule has 0 amide bonds. The predicted molar refractivity (Wildman–Crippen MR) is 81.5 cm³/mol. The van der Waals surface area contributed by atoms with Crippen molar-refractivity contribution >= 4 is 22.9 Å². The molecule has 0 aliphatic rings. The second-order valence-corrected chi connectivity index (χ2v) is 5.75. The van der Waals surface area contributed by atoms with Crippen LogP contribution in [0, 0.1) is 6.92 Å². The van der Waals surface area contributed by atoms with Gasteiger partial charge in [0.05, 0.1) is 9.90 Å². The summed E-state index contributed by atoms with van der Waals surface area (Å²) in [6.07, 6.45) is 1.16. The lowest BCUT2D eigenvalue weighted by Crippen LogP contribution is -2.13. The Hall–Kier alpha value is -0.830. The molecule has 0 saturated carbocycles. The van der Waals surface area contributed by atoms with Crippen LogP contribution in [0.25, 0.3) is 10.4 Å². The number of rotatable bonds is 5. The third kappa shape index (κ3) is 3.14. The molecule has 1 heterocycles. The van der Waals surface area contributed by atoms with Crippen LogP contribution in [0.15, 0.2) is 29.6 Å². The second kappa shape index (κ2) is 6.37. The van der Waals surface area contributed by atoms with E-state index in [1.54, 1.807) is 11.3 Å². The molecule has 3 heteroatoms. The van der Waals surface area contributed by atoms with Crippen molar-refractivity contribution in [1.29, 1.82) is 0 Å². The van der Waals surface area contributed by atoms with Gasteiger partial charge in [0.2, 0.25) is 0 Å². The number of aryl methyl sites for hydroxylation is 1. The first-order valence-corrected chi connectivity index (χ1v) is 7.51. The highest BCUT2D eigenvalue weighted by Crippen LogP contribution is 2.35. The number of benzene rings is 1. The van der Waals surface area contributed by atoms with E-state index in [2.05, 4.69) is 37.4 Å². The third-order valence-electron chi connectivity index (χ3n) is 2.92. The van der Waals surface area contributed by atoms with E-state index in [0.29, 0.717) is 0 Å². The minimum absolute atomic E-state index is 0.849. The highest BCUT2D eigenvalue weighted by Gasteiger charge is 2.08. The first-order valence-electron chi connectivity index (χ1n) is 6.26. The van der Waals surface area contributed by atoms with Crippen LogP contribution in [-0.4, -0.2) is 6.54 Å². The van der Waals surface area contributed by atoms with Crippen LogP contribution in [0.1, 0.15) is 24.5 Å². The van der Waals surface area contributed by atoms with Gasteiger partial charge < -0.3 is 5.32 Å². The molecular formula is C15H18ClNS. The van der Waals surface area contributed by atoms with Crippen molar-refractivity contribution in [3.63, 3.8) is 0 Å². The summed E-state index contributed by atoms with van der Waals surface area (Å²) < 4.78 is 0. The Balaban J connectivity index is 2.25. The first-order chi connectivity index (χ1) is 8.72. The van der Waals surface area contributed by atoms with Crippen LogP contribution in [0.5, 0.6) is 0 Å². The number of nitrogens with one attached hydrogen (secondary N) is 1. The van der Waals surface area contributed by atoms with E-state index in [9.17, 15) is 0 Å². The topological polar surface area (TPSA) is 12.0 Å². The standard InChI is InChI=1S/C15H18ClNS/c1-3-7-17-10-12-5-4-11(2)13(9-12)15-14(16)6-8-18-15/h4-6,8-9,17H,3,7,10H2,1-2H3. The maximum absolute atomic E-state index is 6.22. The SMILES string of the molecule is CCCNCc1ccc(C)c(-c2sccc2Cl)c1. The van der Waals surface area contributed by atoms with Gasteiger partial charge in [-0.3, -0.25) is 0 Å². The fourth-order valence-electron chi connectivity index (χ4n) is 1.92. The molecule has 0 saturated heterocycles. The van der Waals surface area contributed by atoms with Crippen molar-refractivity contribution in [3.05, 3.63) is 45.8 Å². The minimum atomic E-state index is 0.849. The third-order valence-corrected chi connectivity index (χ3v) is 4.29. The van der Waals surface area contributed by atoms with E-state index in [4.69, 9.17) is 11.6 Å². The summed E-state index contributed by atoms with van der Waals surface area (Å²) in [5, 5.41) is 6.32. The molecule has 96 valence electrons. The second-order valence-electron chi connectivity index (χ2n) is 4.42. The molecule has 0 radical (unpaired) electrons. The van der Waals surface area contributed by atoms with Crippen LogP contribution in [0.4, 0.5) is 0 Å². The maximum Gasteiger partial charge on any atom is 0.0592 e. The summed E-state index contributed by atoms with van der Waals surface area (Å²) in [7, 11) is 0. The van der Waals surface area contributed by atoms with Crippen molar-refractivity contribution in [3.8, 4) is 10.4 Å². The molecule has 0 aliphatic carbocycles. The van der Waals surface area contributed by atoms with Gasteiger partial charge in [0.15, 0.2) is 0 Å². The van der Waals surface area contributed by atoms with E-state index in [1.165, 1.54) is 21.6 Å². The van der Waals surface area contributed by atoms with E-state index < -0.39 is 0 Å². The quantitative estimate of drug-likeness (QED) is 0.770. The Morgan fingerprint density at radius 1 is 1.28 bits per heavy atom. The number of hydrogen-bond acceptors (Lipinski definition) is 2. The van der Waals surface area contributed by atoms with E-state index in [-0.39, 0.29) is 0 Å². The Bertz CT molecular complexity index is 519. The zero-order valence-corrected chi connectivity index (χ0v) is 12.4. The molecule has 1 N–H and O–H groups in total. The molecule has 1 nitrogen and oxygen atoms in total. The van der Waals surface area contributed by atoms with Gasteiger partial charge in [-0.1, -0.05) is 30.7 Å². The van der Waals surface area contributed by atoms with Gasteiger partial charge >= 0.3 is 0 Å². The van der Waals surface area contributed by atoms with Crippen LogP contribution < -0.4 is 5.32 Å². The van der Waals surface area contributed by atoms with Gasteiger partial charge in [-0.25, -0.2) is 0 Å². The van der Waals surface area contributed by atoms with Crippen LogP contribution >= 0.6 is 22.9 Å². The van der Waals surface area contributed by atoms with Gasteiger partial charge in [0.25, 0.3) is 0 Å². The Labute approximate surface area is 118 Å². The highest BCUT2D eigenvalue weighted by atomic mass is 35.5. The number of halogens is 1. The molecule has 0 aliphatic heterocycles. The van der Waals surface area contributed by atoms with Crippen LogP contribution in [0.2, 0.25) is 5.02 Å². The van der Waals surface area contributed by atoms with E-state index in [1.807, 2.05) is 11.4 Å². The normalized spacial score (nSPS) is 10.8. The average Bonchev–Trinajstić information content (AvgIpc) is 2.78. The minimum Gasteiger partial charge on any atom is -0.313 e. The molecule has 0 unspecified atom stereocenters. The first kappa shape index (κ1) is 13.6. The largest absolute Gasteiger partial charge is 0.313 e. The smallest absolute Gasteiger partial charge is 0.0592 e. The van der Waals surface area contributed by atoms with Gasteiger partial charge in [0, 0.05) is 6.54 Å². The van der Waals surface area contributed by atoms with E-state index in [0.717, 1.165) is 24.5 Å². The molecule has 2 aromatic rings. The Morgan fingerprint density at radius 3 is 2.78 bits per heavy atom. The number of hydrogen-bond donors (Lipinski definition) is 1. The van der Waals surface area contributed by atoms with Crippen molar-refractivity contribution in [2.75, 3.05) is 6.54 Å². The predicted octanol–water partition coefficient (Wildman–Crippen LogP) is 4.88.